The van der Waals surface area contributed by atoms with Gasteiger partial charge in [-0.15, -0.1) is 22.7 Å². The third kappa shape index (κ3) is 2.29. The van der Waals surface area contributed by atoms with Crippen LogP contribution >= 0.6 is 38.6 Å². The molecule has 0 saturated heterocycles. The average Bonchev–Trinajstić information content (AvgIpc) is 2.98. The Hall–Kier alpha value is -0.210. The fraction of sp³-hybridized carbons (Fsp3) is 0.385. The molecule has 0 spiro atoms. The Morgan fingerprint density at radius 1 is 1.45 bits per heavy atom. The normalized spacial score (nSPS) is 20.1. The Kier molecular flexibility index (Phi) is 3.83. The van der Waals surface area contributed by atoms with Crippen molar-refractivity contribution in [3.63, 3.8) is 0 Å². The largest absolute Gasteiger partial charge is 0.253 e. The van der Waals surface area contributed by atoms with Gasteiger partial charge in [0.1, 0.15) is 4.21 Å². The lowest BCUT2D eigenvalue weighted by atomic mass is 10.0. The van der Waals surface area contributed by atoms with Crippen molar-refractivity contribution in [3.8, 4) is 0 Å². The molecule has 1 aliphatic rings. The second-order valence-corrected chi connectivity index (χ2v) is 10.4. The molecule has 0 radical (unpaired) electrons. The Morgan fingerprint density at radius 3 is 2.85 bits per heavy atom. The molecule has 1 aliphatic heterocycles. The maximum absolute atomic E-state index is 12.8. The summed E-state index contributed by atoms with van der Waals surface area (Å²) in [5.74, 6) is 0. The summed E-state index contributed by atoms with van der Waals surface area (Å²) in [6, 6.07) is 3.71. The molecule has 0 aromatic carbocycles. The van der Waals surface area contributed by atoms with Crippen molar-refractivity contribution in [2.24, 2.45) is 0 Å². The SMILES string of the molecule is Cc1cc(S(=O)(=O)N2CCc3sccc3C2C)sc1Br. The van der Waals surface area contributed by atoms with E-state index in [0.29, 0.717) is 10.8 Å². The highest BCUT2D eigenvalue weighted by Gasteiger charge is 2.35. The van der Waals surface area contributed by atoms with Gasteiger partial charge in [-0.05, 0) is 64.8 Å². The smallest absolute Gasteiger partial charge is 0.206 e. The van der Waals surface area contributed by atoms with Crippen molar-refractivity contribution >= 4 is 48.6 Å². The Labute approximate surface area is 135 Å². The van der Waals surface area contributed by atoms with Gasteiger partial charge in [0.25, 0.3) is 10.0 Å². The fourth-order valence-corrected chi connectivity index (χ4v) is 7.42. The van der Waals surface area contributed by atoms with E-state index in [1.54, 1.807) is 21.7 Å². The Balaban J connectivity index is 2.01. The first-order valence-corrected chi connectivity index (χ1v) is 10.2. The minimum atomic E-state index is -3.41. The van der Waals surface area contributed by atoms with Crippen molar-refractivity contribution in [1.82, 2.24) is 4.31 Å². The van der Waals surface area contributed by atoms with Gasteiger partial charge in [0.05, 0.1) is 3.79 Å². The molecule has 108 valence electrons. The standard InChI is InChI=1S/C13H14BrNO2S3/c1-8-7-12(19-13(8)14)20(16,17)15-5-3-11-10(9(15)2)4-6-18-11/h4,6-7,9H,3,5H2,1-2H3. The van der Waals surface area contributed by atoms with Crippen LogP contribution in [0, 0.1) is 6.92 Å². The van der Waals surface area contributed by atoms with Crippen LogP contribution in [-0.2, 0) is 16.4 Å². The third-order valence-corrected chi connectivity index (χ3v) is 9.17. The van der Waals surface area contributed by atoms with Crippen LogP contribution in [0.1, 0.15) is 29.0 Å². The number of thiophene rings is 2. The van der Waals surface area contributed by atoms with Crippen LogP contribution in [0.3, 0.4) is 0 Å². The van der Waals surface area contributed by atoms with E-state index in [2.05, 4.69) is 15.9 Å². The fourth-order valence-electron chi connectivity index (χ4n) is 2.49. The summed E-state index contributed by atoms with van der Waals surface area (Å²) in [5, 5.41) is 2.04. The first-order chi connectivity index (χ1) is 9.41. The highest BCUT2D eigenvalue weighted by atomic mass is 79.9. The summed E-state index contributed by atoms with van der Waals surface area (Å²) in [6.07, 6.45) is 0.808. The number of rotatable bonds is 2. The predicted molar refractivity (Wildman–Crippen MR) is 87.1 cm³/mol. The van der Waals surface area contributed by atoms with E-state index in [1.807, 2.05) is 25.3 Å². The van der Waals surface area contributed by atoms with Crippen LogP contribution in [0.15, 0.2) is 25.5 Å². The van der Waals surface area contributed by atoms with Crippen LogP contribution in [0.25, 0.3) is 0 Å². The zero-order valence-corrected chi connectivity index (χ0v) is 15.1. The molecule has 0 saturated carbocycles. The highest BCUT2D eigenvalue weighted by Crippen LogP contribution is 2.39. The van der Waals surface area contributed by atoms with Crippen molar-refractivity contribution in [1.29, 1.82) is 0 Å². The quantitative estimate of drug-likeness (QED) is 0.769. The zero-order chi connectivity index (χ0) is 14.5. The van der Waals surface area contributed by atoms with Crippen LogP contribution < -0.4 is 0 Å². The van der Waals surface area contributed by atoms with Crippen molar-refractivity contribution < 1.29 is 8.42 Å². The monoisotopic (exact) mass is 391 g/mol. The molecular weight excluding hydrogens is 378 g/mol. The first kappa shape index (κ1) is 14.7. The maximum Gasteiger partial charge on any atom is 0.253 e. The number of nitrogens with zero attached hydrogens (tertiary/aromatic N) is 1. The van der Waals surface area contributed by atoms with E-state index >= 15 is 0 Å². The predicted octanol–water partition coefficient (Wildman–Crippen LogP) is 4.19. The second kappa shape index (κ2) is 5.21. The second-order valence-electron chi connectivity index (χ2n) is 4.86. The molecule has 3 heterocycles. The molecule has 2 aromatic rings. The van der Waals surface area contributed by atoms with Gasteiger partial charge in [0, 0.05) is 17.5 Å². The van der Waals surface area contributed by atoms with Crippen LogP contribution in [0.5, 0.6) is 0 Å². The van der Waals surface area contributed by atoms with E-state index in [4.69, 9.17) is 0 Å². The number of hydrogen-bond acceptors (Lipinski definition) is 4. The van der Waals surface area contributed by atoms with Crippen LogP contribution in [0.2, 0.25) is 0 Å². The first-order valence-electron chi connectivity index (χ1n) is 6.25. The highest BCUT2D eigenvalue weighted by molar-refractivity contribution is 9.11. The number of fused-ring (bicyclic) bond motifs is 1. The topological polar surface area (TPSA) is 37.4 Å². The minimum absolute atomic E-state index is 0.0869. The van der Waals surface area contributed by atoms with Gasteiger partial charge in [-0.2, -0.15) is 4.31 Å². The summed E-state index contributed by atoms with van der Waals surface area (Å²) < 4.78 is 28.6. The molecule has 20 heavy (non-hydrogen) atoms. The number of hydrogen-bond donors (Lipinski definition) is 0. The van der Waals surface area contributed by atoms with Gasteiger partial charge < -0.3 is 0 Å². The summed E-state index contributed by atoms with van der Waals surface area (Å²) in [6.45, 7) is 4.44. The molecule has 1 atom stereocenters. The van der Waals surface area contributed by atoms with Crippen LogP contribution in [-0.4, -0.2) is 19.3 Å². The van der Waals surface area contributed by atoms with E-state index in [0.717, 1.165) is 21.3 Å². The summed E-state index contributed by atoms with van der Waals surface area (Å²) >= 11 is 6.41. The van der Waals surface area contributed by atoms with E-state index < -0.39 is 10.0 Å². The number of aryl methyl sites for hydroxylation is 1. The zero-order valence-electron chi connectivity index (χ0n) is 11.1. The summed E-state index contributed by atoms with van der Waals surface area (Å²) in [4.78, 5) is 1.31. The van der Waals surface area contributed by atoms with E-state index in [1.165, 1.54) is 16.2 Å². The average molecular weight is 392 g/mol. The lowest BCUT2D eigenvalue weighted by molar-refractivity contribution is 0.330. The Bertz CT molecular complexity index is 728. The lowest BCUT2D eigenvalue weighted by Gasteiger charge is -2.32. The molecule has 1 unspecified atom stereocenters. The molecule has 7 heteroatoms. The van der Waals surface area contributed by atoms with Gasteiger partial charge >= 0.3 is 0 Å². The molecule has 0 N–H and O–H groups in total. The molecule has 2 aromatic heterocycles. The van der Waals surface area contributed by atoms with Gasteiger partial charge in [0.2, 0.25) is 0 Å². The van der Waals surface area contributed by atoms with Crippen LogP contribution in [0.4, 0.5) is 0 Å². The molecule has 3 rings (SSSR count). The van der Waals surface area contributed by atoms with Gasteiger partial charge in [-0.1, -0.05) is 0 Å². The Morgan fingerprint density at radius 2 is 2.20 bits per heavy atom. The third-order valence-electron chi connectivity index (χ3n) is 3.62. The molecule has 0 bridgehead atoms. The van der Waals surface area contributed by atoms with E-state index in [9.17, 15) is 8.42 Å². The molecule has 0 fully saturated rings. The molecule has 0 aliphatic carbocycles. The lowest BCUT2D eigenvalue weighted by Crippen LogP contribution is -2.37. The maximum atomic E-state index is 12.8. The summed E-state index contributed by atoms with van der Waals surface area (Å²) in [5.41, 5.74) is 2.12. The van der Waals surface area contributed by atoms with Crippen molar-refractivity contribution in [2.75, 3.05) is 6.54 Å². The van der Waals surface area contributed by atoms with Gasteiger partial charge in [0.15, 0.2) is 0 Å². The van der Waals surface area contributed by atoms with Crippen molar-refractivity contribution in [2.45, 2.75) is 30.5 Å². The van der Waals surface area contributed by atoms with Crippen molar-refractivity contribution in [3.05, 3.63) is 37.3 Å². The molecule has 0 amide bonds. The van der Waals surface area contributed by atoms with Gasteiger partial charge in [-0.3, -0.25) is 0 Å². The van der Waals surface area contributed by atoms with E-state index in [-0.39, 0.29) is 6.04 Å². The summed E-state index contributed by atoms with van der Waals surface area (Å²) in [7, 11) is -3.41. The minimum Gasteiger partial charge on any atom is -0.206 e. The molecular formula is C13H14BrNO2S3. The van der Waals surface area contributed by atoms with Gasteiger partial charge in [-0.25, -0.2) is 8.42 Å². The molecule has 3 nitrogen and oxygen atoms in total. The number of sulfonamides is 1. The number of halogens is 1.